The van der Waals surface area contributed by atoms with E-state index in [1.807, 2.05) is 30.3 Å². The number of nitrogens with zero attached hydrogens (tertiary/aromatic N) is 3. The van der Waals surface area contributed by atoms with Gasteiger partial charge in [0.05, 0.1) is 12.6 Å². The summed E-state index contributed by atoms with van der Waals surface area (Å²) in [5.74, 6) is 0.342. The van der Waals surface area contributed by atoms with Crippen molar-refractivity contribution in [1.82, 2.24) is 20.3 Å². The second kappa shape index (κ2) is 8.93. The summed E-state index contributed by atoms with van der Waals surface area (Å²) in [5, 5.41) is 16.7. The molecular weight excluding hydrogens is 332 g/mol. The summed E-state index contributed by atoms with van der Waals surface area (Å²) in [5.41, 5.74) is 1.01. The lowest BCUT2D eigenvalue weighted by Gasteiger charge is -2.33. The maximum Gasteiger partial charge on any atom is 0.273 e. The van der Waals surface area contributed by atoms with Gasteiger partial charge in [0, 0.05) is 38.8 Å². The highest BCUT2D eigenvalue weighted by Gasteiger charge is 2.19. The Labute approximate surface area is 153 Å². The van der Waals surface area contributed by atoms with Crippen LogP contribution in [0.2, 0.25) is 0 Å². The smallest absolute Gasteiger partial charge is 0.273 e. The monoisotopic (exact) mass is 358 g/mol. The summed E-state index contributed by atoms with van der Waals surface area (Å²) in [6.45, 7) is 8.11. The Balaban J connectivity index is 1.47. The van der Waals surface area contributed by atoms with Crippen molar-refractivity contribution in [2.75, 3.05) is 39.3 Å². The van der Waals surface area contributed by atoms with Crippen LogP contribution in [0.4, 0.5) is 0 Å². The van der Waals surface area contributed by atoms with Gasteiger partial charge in [0.25, 0.3) is 5.91 Å². The Morgan fingerprint density at radius 1 is 1.23 bits per heavy atom. The van der Waals surface area contributed by atoms with E-state index in [2.05, 4.69) is 27.2 Å². The fraction of sp³-hybridized carbons (Fsp3) is 0.474. The molecule has 1 atom stereocenters. The molecule has 1 amide bonds. The molecule has 0 aliphatic carbocycles. The Hall–Kier alpha value is -2.22. The van der Waals surface area contributed by atoms with E-state index in [0.717, 1.165) is 38.3 Å². The first-order valence-electron chi connectivity index (χ1n) is 9.07. The van der Waals surface area contributed by atoms with Gasteiger partial charge in [-0.1, -0.05) is 42.4 Å². The second-order valence-corrected chi connectivity index (χ2v) is 6.53. The topological polar surface area (TPSA) is 81.8 Å². The molecule has 0 saturated carbocycles. The molecule has 7 heteroatoms. The van der Waals surface area contributed by atoms with Gasteiger partial charge < -0.3 is 19.8 Å². The van der Waals surface area contributed by atoms with Crippen LogP contribution in [-0.2, 0) is 6.54 Å². The summed E-state index contributed by atoms with van der Waals surface area (Å²) in [6, 6.07) is 10.9. The Morgan fingerprint density at radius 2 is 1.92 bits per heavy atom. The van der Waals surface area contributed by atoms with Gasteiger partial charge in [0.2, 0.25) is 0 Å². The van der Waals surface area contributed by atoms with Crippen LogP contribution in [0, 0.1) is 0 Å². The summed E-state index contributed by atoms with van der Waals surface area (Å²) >= 11 is 0. The van der Waals surface area contributed by atoms with Crippen molar-refractivity contribution in [3.8, 4) is 0 Å². The number of benzene rings is 1. The number of rotatable bonds is 7. The predicted molar refractivity (Wildman–Crippen MR) is 97.6 cm³/mol. The Kier molecular flexibility index (Phi) is 6.38. The molecule has 7 nitrogen and oxygen atoms in total. The van der Waals surface area contributed by atoms with Crippen molar-refractivity contribution < 1.29 is 14.4 Å². The molecular formula is C19H26N4O3. The van der Waals surface area contributed by atoms with Gasteiger partial charge in [-0.25, -0.2) is 0 Å². The number of likely N-dealkylation sites (N-methyl/N-ethyl adjacent to an activating group) is 1. The Morgan fingerprint density at radius 3 is 2.62 bits per heavy atom. The van der Waals surface area contributed by atoms with Crippen molar-refractivity contribution in [1.29, 1.82) is 0 Å². The number of piperazine rings is 1. The molecule has 1 aromatic carbocycles. The third-order valence-electron chi connectivity index (χ3n) is 4.72. The van der Waals surface area contributed by atoms with E-state index in [-0.39, 0.29) is 18.1 Å². The van der Waals surface area contributed by atoms with Crippen LogP contribution in [-0.4, -0.2) is 65.2 Å². The second-order valence-electron chi connectivity index (χ2n) is 6.53. The molecule has 1 unspecified atom stereocenters. The SMILES string of the molecule is CCN1CCN(Cc2cc(C(=O)NCC(O)c3ccccc3)no2)CC1. The van der Waals surface area contributed by atoms with Crippen molar-refractivity contribution in [2.24, 2.45) is 0 Å². The highest BCUT2D eigenvalue weighted by Crippen LogP contribution is 2.12. The number of carbonyl (C=O) groups is 1. The summed E-state index contributed by atoms with van der Waals surface area (Å²) in [4.78, 5) is 16.9. The molecule has 2 aromatic rings. The van der Waals surface area contributed by atoms with E-state index in [1.54, 1.807) is 6.07 Å². The number of amides is 1. The lowest BCUT2D eigenvalue weighted by molar-refractivity contribution is 0.0907. The van der Waals surface area contributed by atoms with Crippen molar-refractivity contribution in [3.05, 3.63) is 53.4 Å². The van der Waals surface area contributed by atoms with Gasteiger partial charge in [-0.3, -0.25) is 9.69 Å². The van der Waals surface area contributed by atoms with Crippen LogP contribution in [0.15, 0.2) is 40.9 Å². The zero-order chi connectivity index (χ0) is 18.4. The highest BCUT2D eigenvalue weighted by atomic mass is 16.5. The van der Waals surface area contributed by atoms with E-state index < -0.39 is 6.10 Å². The third kappa shape index (κ3) is 4.91. The van der Waals surface area contributed by atoms with Crippen LogP contribution in [0.25, 0.3) is 0 Å². The first kappa shape index (κ1) is 18.6. The molecule has 1 saturated heterocycles. The molecule has 1 aliphatic rings. The summed E-state index contributed by atoms with van der Waals surface area (Å²) in [7, 11) is 0. The van der Waals surface area contributed by atoms with Gasteiger partial charge in [0.15, 0.2) is 11.5 Å². The summed E-state index contributed by atoms with van der Waals surface area (Å²) < 4.78 is 5.30. The minimum Gasteiger partial charge on any atom is -0.387 e. The molecule has 0 radical (unpaired) electrons. The standard InChI is InChI=1S/C19H26N4O3/c1-2-22-8-10-23(11-9-22)14-16-12-17(21-26-16)19(25)20-13-18(24)15-6-4-3-5-7-15/h3-7,12,18,24H,2,8-11,13-14H2,1H3,(H,20,25). The maximum atomic E-state index is 12.2. The molecule has 3 rings (SSSR count). The van der Waals surface area contributed by atoms with E-state index in [4.69, 9.17) is 4.52 Å². The van der Waals surface area contributed by atoms with Crippen molar-refractivity contribution in [3.63, 3.8) is 0 Å². The molecule has 1 aliphatic heterocycles. The number of hydrogen-bond donors (Lipinski definition) is 2. The number of carbonyl (C=O) groups excluding carboxylic acids is 1. The Bertz CT molecular complexity index is 696. The number of nitrogens with one attached hydrogen (secondary N) is 1. The normalized spacial score (nSPS) is 17.2. The lowest BCUT2D eigenvalue weighted by Crippen LogP contribution is -2.45. The van der Waals surface area contributed by atoms with Crippen LogP contribution in [0.3, 0.4) is 0 Å². The number of aliphatic hydroxyl groups excluding tert-OH is 1. The predicted octanol–water partition coefficient (Wildman–Crippen LogP) is 1.28. The van der Waals surface area contributed by atoms with Gasteiger partial charge in [-0.2, -0.15) is 0 Å². The maximum absolute atomic E-state index is 12.2. The number of hydrogen-bond acceptors (Lipinski definition) is 6. The minimum absolute atomic E-state index is 0.129. The van der Waals surface area contributed by atoms with Crippen LogP contribution < -0.4 is 5.32 Å². The molecule has 0 bridgehead atoms. The summed E-state index contributed by atoms with van der Waals surface area (Å²) in [6.07, 6.45) is -0.749. The fourth-order valence-corrected chi connectivity index (χ4v) is 3.05. The van der Waals surface area contributed by atoms with E-state index >= 15 is 0 Å². The molecule has 0 spiro atoms. The minimum atomic E-state index is -0.749. The molecule has 1 fully saturated rings. The third-order valence-corrected chi connectivity index (χ3v) is 4.72. The van der Waals surface area contributed by atoms with Gasteiger partial charge >= 0.3 is 0 Å². The van der Waals surface area contributed by atoms with E-state index in [0.29, 0.717) is 12.3 Å². The van der Waals surface area contributed by atoms with Gasteiger partial charge in [-0.05, 0) is 12.1 Å². The average molecular weight is 358 g/mol. The first-order chi connectivity index (χ1) is 12.7. The molecule has 1 aromatic heterocycles. The molecule has 2 heterocycles. The zero-order valence-corrected chi connectivity index (χ0v) is 15.1. The van der Waals surface area contributed by atoms with Crippen molar-refractivity contribution >= 4 is 5.91 Å². The average Bonchev–Trinajstić information content (AvgIpc) is 3.15. The zero-order valence-electron chi connectivity index (χ0n) is 15.1. The molecule has 26 heavy (non-hydrogen) atoms. The van der Waals surface area contributed by atoms with Gasteiger partial charge in [-0.15, -0.1) is 0 Å². The van der Waals surface area contributed by atoms with Crippen LogP contribution >= 0.6 is 0 Å². The fourth-order valence-electron chi connectivity index (χ4n) is 3.05. The van der Waals surface area contributed by atoms with Crippen LogP contribution in [0.1, 0.15) is 34.8 Å². The van der Waals surface area contributed by atoms with Gasteiger partial charge in [0.1, 0.15) is 0 Å². The molecule has 140 valence electrons. The number of aromatic nitrogens is 1. The van der Waals surface area contributed by atoms with Crippen LogP contribution in [0.5, 0.6) is 0 Å². The number of aliphatic hydroxyl groups is 1. The van der Waals surface area contributed by atoms with Crippen molar-refractivity contribution in [2.45, 2.75) is 19.6 Å². The van der Waals surface area contributed by atoms with E-state index in [1.165, 1.54) is 0 Å². The van der Waals surface area contributed by atoms with E-state index in [9.17, 15) is 9.90 Å². The first-order valence-corrected chi connectivity index (χ1v) is 9.07. The highest BCUT2D eigenvalue weighted by molar-refractivity contribution is 5.92. The lowest BCUT2D eigenvalue weighted by atomic mass is 10.1. The quantitative estimate of drug-likeness (QED) is 0.776. The largest absolute Gasteiger partial charge is 0.387 e. The molecule has 2 N–H and O–H groups in total.